The van der Waals surface area contributed by atoms with Gasteiger partial charge in [0, 0.05) is 11.6 Å². The molecule has 8 nitrogen and oxygen atoms in total. The fourth-order valence-electron chi connectivity index (χ4n) is 1.47. The van der Waals surface area contributed by atoms with E-state index in [1.54, 1.807) is 7.05 Å². The Morgan fingerprint density at radius 2 is 2.28 bits per heavy atom. The van der Waals surface area contributed by atoms with Crippen LogP contribution in [0.1, 0.15) is 18.1 Å². The number of nitrogens with zero attached hydrogens (tertiary/aromatic N) is 2. The Kier molecular flexibility index (Phi) is 4.95. The van der Waals surface area contributed by atoms with Gasteiger partial charge in [0.25, 0.3) is 5.69 Å². The molecule has 2 unspecified atom stereocenters. The van der Waals surface area contributed by atoms with Gasteiger partial charge in [0.05, 0.1) is 11.0 Å². The van der Waals surface area contributed by atoms with E-state index in [4.69, 9.17) is 5.73 Å². The number of aliphatic hydroxyl groups excluding tert-OH is 2. The molecule has 1 heterocycles. The summed E-state index contributed by atoms with van der Waals surface area (Å²) in [5.41, 5.74) is 5.32. The monoisotopic (exact) mass is 256 g/mol. The number of hydrogen-bond donors (Lipinski definition) is 4. The molecular weight excluding hydrogens is 240 g/mol. The fraction of sp³-hybridized carbons (Fsp3) is 0.500. The average Bonchev–Trinajstić information content (AvgIpc) is 2.35. The molecule has 5 N–H and O–H groups in total. The van der Waals surface area contributed by atoms with E-state index in [1.807, 2.05) is 0 Å². The van der Waals surface area contributed by atoms with E-state index >= 15 is 0 Å². The highest BCUT2D eigenvalue weighted by atomic mass is 16.6. The predicted molar refractivity (Wildman–Crippen MR) is 64.8 cm³/mol. The number of nitrogens with two attached hydrogens (primary N) is 1. The van der Waals surface area contributed by atoms with Crippen LogP contribution in [0.3, 0.4) is 0 Å². The Bertz CT molecular complexity index is 426. The van der Waals surface area contributed by atoms with Crippen molar-refractivity contribution in [2.75, 3.05) is 19.3 Å². The molecule has 8 heteroatoms. The molecule has 0 aliphatic rings. The third kappa shape index (κ3) is 3.36. The molecule has 0 fully saturated rings. The maximum Gasteiger partial charge on any atom is 0.288 e. The van der Waals surface area contributed by atoms with Gasteiger partial charge in [0.15, 0.2) is 0 Å². The number of hydrogen-bond acceptors (Lipinski definition) is 7. The van der Waals surface area contributed by atoms with Crippen molar-refractivity contribution in [1.82, 2.24) is 10.3 Å². The summed E-state index contributed by atoms with van der Waals surface area (Å²) in [6.45, 7) is 0.500. The van der Waals surface area contributed by atoms with Gasteiger partial charge in [0.1, 0.15) is 18.1 Å². The highest BCUT2D eigenvalue weighted by Crippen LogP contribution is 2.26. The van der Waals surface area contributed by atoms with Crippen LogP contribution in [0.4, 0.5) is 11.5 Å². The molecular formula is C10H16N4O4. The molecule has 0 aliphatic carbocycles. The standard InChI is InChI=1S/C10H16N4O4/c1-12-3-2-8(15)9(16)7-4-6(14(17)18)5-13-10(7)11/h4-5,8-9,12,15-16H,2-3H2,1H3,(H2,11,13). The van der Waals surface area contributed by atoms with Gasteiger partial charge in [-0.3, -0.25) is 10.1 Å². The normalized spacial score (nSPS) is 14.2. The highest BCUT2D eigenvalue weighted by molar-refractivity contribution is 5.47. The van der Waals surface area contributed by atoms with Crippen molar-refractivity contribution in [1.29, 1.82) is 0 Å². The molecule has 0 bridgehead atoms. The summed E-state index contributed by atoms with van der Waals surface area (Å²) in [4.78, 5) is 13.6. The maximum absolute atomic E-state index is 10.6. The molecule has 0 aliphatic heterocycles. The molecule has 0 amide bonds. The van der Waals surface area contributed by atoms with E-state index in [9.17, 15) is 20.3 Å². The van der Waals surface area contributed by atoms with Gasteiger partial charge in [0.2, 0.25) is 0 Å². The second kappa shape index (κ2) is 6.24. The second-order valence-electron chi connectivity index (χ2n) is 3.83. The number of anilines is 1. The van der Waals surface area contributed by atoms with Gasteiger partial charge in [-0.05, 0) is 20.0 Å². The van der Waals surface area contributed by atoms with E-state index in [0.717, 1.165) is 12.3 Å². The molecule has 0 saturated carbocycles. The van der Waals surface area contributed by atoms with Crippen LogP contribution in [-0.4, -0.2) is 39.8 Å². The molecule has 1 aromatic heterocycles. The van der Waals surface area contributed by atoms with E-state index in [0.29, 0.717) is 13.0 Å². The molecule has 0 radical (unpaired) electrons. The third-order valence-electron chi connectivity index (χ3n) is 2.52. The van der Waals surface area contributed by atoms with Crippen molar-refractivity contribution >= 4 is 11.5 Å². The van der Waals surface area contributed by atoms with Crippen molar-refractivity contribution in [2.45, 2.75) is 18.6 Å². The first kappa shape index (κ1) is 14.3. The Morgan fingerprint density at radius 3 is 2.83 bits per heavy atom. The van der Waals surface area contributed by atoms with Crippen LogP contribution in [0.2, 0.25) is 0 Å². The predicted octanol–water partition coefficient (Wildman–Crippen LogP) is -0.424. The minimum absolute atomic E-state index is 0.0309. The third-order valence-corrected chi connectivity index (χ3v) is 2.52. The van der Waals surface area contributed by atoms with Crippen LogP contribution in [0.5, 0.6) is 0 Å². The number of nitrogens with one attached hydrogen (secondary N) is 1. The zero-order chi connectivity index (χ0) is 13.7. The molecule has 18 heavy (non-hydrogen) atoms. The first-order valence-corrected chi connectivity index (χ1v) is 5.38. The van der Waals surface area contributed by atoms with E-state index < -0.39 is 17.1 Å². The second-order valence-corrected chi connectivity index (χ2v) is 3.83. The Balaban J connectivity index is 2.93. The van der Waals surface area contributed by atoms with Crippen molar-refractivity contribution in [2.24, 2.45) is 0 Å². The quantitative estimate of drug-likeness (QED) is 0.401. The smallest absolute Gasteiger partial charge is 0.288 e. The highest BCUT2D eigenvalue weighted by Gasteiger charge is 2.23. The van der Waals surface area contributed by atoms with Gasteiger partial charge in [-0.15, -0.1) is 0 Å². The Labute approximate surface area is 104 Å². The zero-order valence-electron chi connectivity index (χ0n) is 9.91. The topological polar surface area (TPSA) is 135 Å². The van der Waals surface area contributed by atoms with Crippen LogP contribution in [0.15, 0.2) is 12.3 Å². The first-order chi connectivity index (χ1) is 8.47. The molecule has 1 aromatic rings. The Morgan fingerprint density at radius 1 is 1.61 bits per heavy atom. The summed E-state index contributed by atoms with van der Waals surface area (Å²) in [6.07, 6.45) is -1.07. The number of aliphatic hydroxyl groups is 2. The lowest BCUT2D eigenvalue weighted by Gasteiger charge is -2.18. The molecule has 100 valence electrons. The van der Waals surface area contributed by atoms with Crippen LogP contribution in [-0.2, 0) is 0 Å². The number of nitrogen functional groups attached to an aromatic ring is 1. The minimum atomic E-state index is -1.30. The maximum atomic E-state index is 10.6. The van der Waals surface area contributed by atoms with E-state index in [-0.39, 0.29) is 17.1 Å². The van der Waals surface area contributed by atoms with Crippen molar-refractivity contribution in [3.63, 3.8) is 0 Å². The lowest BCUT2D eigenvalue weighted by molar-refractivity contribution is -0.385. The van der Waals surface area contributed by atoms with Crippen LogP contribution >= 0.6 is 0 Å². The van der Waals surface area contributed by atoms with Gasteiger partial charge in [-0.2, -0.15) is 0 Å². The van der Waals surface area contributed by atoms with Gasteiger partial charge < -0.3 is 21.3 Å². The van der Waals surface area contributed by atoms with Crippen molar-refractivity contribution in [3.8, 4) is 0 Å². The summed E-state index contributed by atoms with van der Waals surface area (Å²) in [5.74, 6) is -0.0309. The summed E-state index contributed by atoms with van der Waals surface area (Å²) in [7, 11) is 1.71. The molecule has 0 spiro atoms. The summed E-state index contributed by atoms with van der Waals surface area (Å²) >= 11 is 0. The van der Waals surface area contributed by atoms with Gasteiger partial charge >= 0.3 is 0 Å². The number of pyridine rings is 1. The summed E-state index contributed by atoms with van der Waals surface area (Å²) < 4.78 is 0. The Hall–Kier alpha value is -1.77. The lowest BCUT2D eigenvalue weighted by atomic mass is 10.0. The van der Waals surface area contributed by atoms with E-state index in [2.05, 4.69) is 10.3 Å². The van der Waals surface area contributed by atoms with Crippen molar-refractivity contribution in [3.05, 3.63) is 27.9 Å². The largest absolute Gasteiger partial charge is 0.390 e. The molecule has 0 saturated heterocycles. The van der Waals surface area contributed by atoms with Crippen molar-refractivity contribution < 1.29 is 15.1 Å². The van der Waals surface area contributed by atoms with E-state index in [1.165, 1.54) is 0 Å². The minimum Gasteiger partial charge on any atom is -0.390 e. The van der Waals surface area contributed by atoms with Crippen LogP contribution in [0, 0.1) is 10.1 Å². The average molecular weight is 256 g/mol. The lowest BCUT2D eigenvalue weighted by Crippen LogP contribution is -2.24. The summed E-state index contributed by atoms with van der Waals surface area (Å²) in [6, 6.07) is 1.12. The van der Waals surface area contributed by atoms with Gasteiger partial charge in [-0.25, -0.2) is 4.98 Å². The first-order valence-electron chi connectivity index (χ1n) is 5.38. The summed E-state index contributed by atoms with van der Waals surface area (Å²) in [5, 5.41) is 33.0. The fourth-order valence-corrected chi connectivity index (χ4v) is 1.47. The molecule has 2 atom stereocenters. The number of rotatable bonds is 6. The van der Waals surface area contributed by atoms with Gasteiger partial charge in [-0.1, -0.05) is 0 Å². The number of aromatic nitrogens is 1. The van der Waals surface area contributed by atoms with Crippen LogP contribution in [0.25, 0.3) is 0 Å². The number of nitro groups is 1. The zero-order valence-corrected chi connectivity index (χ0v) is 9.91. The molecule has 0 aromatic carbocycles. The van der Waals surface area contributed by atoms with Crippen LogP contribution < -0.4 is 11.1 Å². The molecule has 1 rings (SSSR count). The SMILES string of the molecule is CNCCC(O)C(O)c1cc([N+](=O)[O-])cnc1N.